The van der Waals surface area contributed by atoms with Crippen LogP contribution in [0.15, 0.2) is 18.2 Å². The maximum atomic E-state index is 11.7. The summed E-state index contributed by atoms with van der Waals surface area (Å²) in [6, 6.07) is 5.34. The van der Waals surface area contributed by atoms with E-state index in [1.807, 2.05) is 26.8 Å². The molecule has 2 unspecified atom stereocenters. The summed E-state index contributed by atoms with van der Waals surface area (Å²) in [4.78, 5) is 11.7. The zero-order chi connectivity index (χ0) is 13.7. The largest absolute Gasteiger partial charge is 0.398 e. The van der Waals surface area contributed by atoms with Crippen LogP contribution in [0, 0.1) is 6.92 Å². The van der Waals surface area contributed by atoms with Gasteiger partial charge in [-0.25, -0.2) is 0 Å². The fraction of sp³-hybridized carbons (Fsp3) is 0.462. The smallest absolute Gasteiger partial charge is 0.237 e. The fourth-order valence-electron chi connectivity index (χ4n) is 1.37. The highest BCUT2D eigenvalue weighted by Gasteiger charge is 2.13. The van der Waals surface area contributed by atoms with E-state index in [1.54, 1.807) is 12.1 Å². The molecule has 0 heterocycles. The van der Waals surface area contributed by atoms with Gasteiger partial charge in [-0.2, -0.15) is 0 Å². The second-order valence-corrected chi connectivity index (χ2v) is 6.22. The van der Waals surface area contributed by atoms with Gasteiger partial charge in [0.25, 0.3) is 0 Å². The first-order chi connectivity index (χ1) is 8.43. The van der Waals surface area contributed by atoms with Crippen molar-refractivity contribution in [3.8, 4) is 0 Å². The molecule has 0 radical (unpaired) electrons. The summed E-state index contributed by atoms with van der Waals surface area (Å²) >= 11 is 0. The number of anilines is 2. The monoisotopic (exact) mass is 268 g/mol. The van der Waals surface area contributed by atoms with Gasteiger partial charge in [-0.3, -0.25) is 9.00 Å². The molecule has 0 saturated carbocycles. The molecule has 4 nitrogen and oxygen atoms in total. The number of aryl methyl sites for hydroxylation is 1. The number of carbonyl (C=O) groups excluding carboxylic acids is 1. The molecule has 0 aliphatic rings. The van der Waals surface area contributed by atoms with E-state index in [0.717, 1.165) is 12.0 Å². The summed E-state index contributed by atoms with van der Waals surface area (Å²) in [5.74, 6) is -0.208. The molecule has 0 bridgehead atoms. The minimum atomic E-state index is -1.12. The molecule has 100 valence electrons. The van der Waals surface area contributed by atoms with Crippen LogP contribution in [0.4, 0.5) is 11.4 Å². The van der Waals surface area contributed by atoms with Gasteiger partial charge in [0.1, 0.15) is 5.75 Å². The van der Waals surface area contributed by atoms with Gasteiger partial charge in [0.2, 0.25) is 5.91 Å². The Labute approximate surface area is 110 Å². The van der Waals surface area contributed by atoms with Crippen LogP contribution in [0.5, 0.6) is 0 Å². The van der Waals surface area contributed by atoms with E-state index in [9.17, 15) is 9.00 Å². The minimum absolute atomic E-state index is 0.0305. The number of nitrogens with two attached hydrogens (primary N) is 1. The Bertz CT molecular complexity index is 460. The van der Waals surface area contributed by atoms with Crippen molar-refractivity contribution in [2.75, 3.05) is 16.8 Å². The van der Waals surface area contributed by atoms with E-state index < -0.39 is 10.8 Å². The first-order valence-electron chi connectivity index (χ1n) is 5.97. The van der Waals surface area contributed by atoms with E-state index in [-0.39, 0.29) is 16.9 Å². The van der Waals surface area contributed by atoms with Gasteiger partial charge >= 0.3 is 0 Å². The maximum Gasteiger partial charge on any atom is 0.237 e. The molecule has 0 saturated heterocycles. The summed E-state index contributed by atoms with van der Waals surface area (Å²) in [7, 11) is -1.12. The Kier molecular flexibility index (Phi) is 5.34. The molecule has 0 aliphatic heterocycles. The lowest BCUT2D eigenvalue weighted by Crippen LogP contribution is -2.24. The highest BCUT2D eigenvalue weighted by atomic mass is 32.2. The summed E-state index contributed by atoms with van der Waals surface area (Å²) in [6.45, 7) is 5.74. The summed E-state index contributed by atoms with van der Waals surface area (Å²) in [5, 5.41) is 2.75. The van der Waals surface area contributed by atoms with E-state index in [2.05, 4.69) is 5.32 Å². The topological polar surface area (TPSA) is 72.2 Å². The molecule has 3 N–H and O–H groups in total. The van der Waals surface area contributed by atoms with Crippen LogP contribution in [-0.2, 0) is 15.6 Å². The number of amides is 1. The standard InChI is InChI=1S/C13H20N2O2S/c1-4-10(3)18(17)8-13(16)15-11-6-5-9(2)12(14)7-11/h5-7,10H,4,8,14H2,1-3H3,(H,15,16). The number of benzene rings is 1. The molecule has 0 fully saturated rings. The number of carbonyl (C=O) groups is 1. The third-order valence-corrected chi connectivity index (χ3v) is 4.64. The summed E-state index contributed by atoms with van der Waals surface area (Å²) < 4.78 is 11.7. The predicted molar refractivity (Wildman–Crippen MR) is 77.0 cm³/mol. The predicted octanol–water partition coefficient (Wildman–Crippen LogP) is 2.06. The van der Waals surface area contributed by atoms with Gasteiger partial charge < -0.3 is 11.1 Å². The molecule has 2 atom stereocenters. The van der Waals surface area contributed by atoms with Crippen molar-refractivity contribution in [2.24, 2.45) is 0 Å². The van der Waals surface area contributed by atoms with Crippen LogP contribution < -0.4 is 11.1 Å². The number of nitrogens with one attached hydrogen (secondary N) is 1. The molecule has 1 aromatic rings. The number of hydrogen-bond donors (Lipinski definition) is 2. The van der Waals surface area contributed by atoms with Crippen molar-refractivity contribution in [3.05, 3.63) is 23.8 Å². The number of nitrogen functional groups attached to an aromatic ring is 1. The van der Waals surface area contributed by atoms with E-state index in [0.29, 0.717) is 11.4 Å². The van der Waals surface area contributed by atoms with Crippen LogP contribution in [0.2, 0.25) is 0 Å². The van der Waals surface area contributed by atoms with Crippen molar-refractivity contribution >= 4 is 28.1 Å². The van der Waals surface area contributed by atoms with Gasteiger partial charge in [0.15, 0.2) is 0 Å². The van der Waals surface area contributed by atoms with E-state index in [1.165, 1.54) is 0 Å². The van der Waals surface area contributed by atoms with E-state index in [4.69, 9.17) is 5.73 Å². The molecular weight excluding hydrogens is 248 g/mol. The molecule has 18 heavy (non-hydrogen) atoms. The minimum Gasteiger partial charge on any atom is -0.398 e. The van der Waals surface area contributed by atoms with Crippen molar-refractivity contribution in [3.63, 3.8) is 0 Å². The van der Waals surface area contributed by atoms with Crippen molar-refractivity contribution in [1.29, 1.82) is 0 Å². The molecular formula is C13H20N2O2S. The lowest BCUT2D eigenvalue weighted by Gasteiger charge is -2.10. The van der Waals surface area contributed by atoms with Gasteiger partial charge in [0.05, 0.1) is 0 Å². The molecule has 0 spiro atoms. The molecule has 1 aromatic carbocycles. The van der Waals surface area contributed by atoms with Crippen LogP contribution >= 0.6 is 0 Å². The molecule has 1 rings (SSSR count). The Morgan fingerprint density at radius 3 is 2.72 bits per heavy atom. The third kappa shape index (κ3) is 4.14. The van der Waals surface area contributed by atoms with Crippen molar-refractivity contribution in [2.45, 2.75) is 32.4 Å². The Morgan fingerprint density at radius 1 is 1.50 bits per heavy atom. The Hall–Kier alpha value is -1.36. The van der Waals surface area contributed by atoms with Crippen molar-refractivity contribution < 1.29 is 9.00 Å². The van der Waals surface area contributed by atoms with Gasteiger partial charge in [0, 0.05) is 27.4 Å². The second kappa shape index (κ2) is 6.54. The average Bonchev–Trinajstić information content (AvgIpc) is 2.32. The SMILES string of the molecule is CCC(C)S(=O)CC(=O)Nc1ccc(C)c(N)c1. The summed E-state index contributed by atoms with van der Waals surface area (Å²) in [5.41, 5.74) is 8.00. The number of hydrogen-bond acceptors (Lipinski definition) is 3. The van der Waals surface area contributed by atoms with Gasteiger partial charge in [-0.05, 0) is 31.0 Å². The first kappa shape index (κ1) is 14.7. The molecule has 5 heteroatoms. The van der Waals surface area contributed by atoms with Crippen LogP contribution in [0.3, 0.4) is 0 Å². The normalized spacial score (nSPS) is 13.9. The zero-order valence-electron chi connectivity index (χ0n) is 11.0. The van der Waals surface area contributed by atoms with Crippen LogP contribution in [0.25, 0.3) is 0 Å². The van der Waals surface area contributed by atoms with Gasteiger partial charge in [-0.1, -0.05) is 19.9 Å². The second-order valence-electron chi connectivity index (χ2n) is 4.36. The quantitative estimate of drug-likeness (QED) is 0.803. The van der Waals surface area contributed by atoms with Crippen LogP contribution in [0.1, 0.15) is 25.8 Å². The van der Waals surface area contributed by atoms with Gasteiger partial charge in [-0.15, -0.1) is 0 Å². The Morgan fingerprint density at radius 2 is 2.17 bits per heavy atom. The third-order valence-electron chi connectivity index (χ3n) is 2.86. The van der Waals surface area contributed by atoms with E-state index >= 15 is 0 Å². The molecule has 0 aliphatic carbocycles. The lowest BCUT2D eigenvalue weighted by molar-refractivity contribution is -0.113. The highest BCUT2D eigenvalue weighted by molar-refractivity contribution is 7.86. The molecule has 1 amide bonds. The molecule has 0 aromatic heterocycles. The highest BCUT2D eigenvalue weighted by Crippen LogP contribution is 2.16. The Balaban J connectivity index is 2.59. The maximum absolute atomic E-state index is 11.7. The average molecular weight is 268 g/mol. The fourth-order valence-corrected chi connectivity index (χ4v) is 2.36. The summed E-state index contributed by atoms with van der Waals surface area (Å²) in [6.07, 6.45) is 0.803. The van der Waals surface area contributed by atoms with Crippen molar-refractivity contribution in [1.82, 2.24) is 0 Å². The zero-order valence-corrected chi connectivity index (χ0v) is 11.8. The lowest BCUT2D eigenvalue weighted by atomic mass is 10.2. The number of rotatable bonds is 5. The first-order valence-corrected chi connectivity index (χ1v) is 7.35. The van der Waals surface area contributed by atoms with Crippen LogP contribution in [-0.4, -0.2) is 21.1 Å².